The normalized spacial score (nSPS) is 13.0. The smallest absolute Gasteiger partial charge is 0.244 e. The van der Waals surface area contributed by atoms with Crippen LogP contribution in [0.5, 0.6) is 0 Å². The maximum atomic E-state index is 12.2. The molecule has 1 heterocycles. The van der Waals surface area contributed by atoms with Gasteiger partial charge in [0.1, 0.15) is 10.7 Å². The van der Waals surface area contributed by atoms with Crippen molar-refractivity contribution in [2.24, 2.45) is 5.73 Å². The highest BCUT2D eigenvalue weighted by Gasteiger charge is 2.24. The van der Waals surface area contributed by atoms with E-state index in [1.165, 1.54) is 19.2 Å². The third kappa shape index (κ3) is 4.15. The minimum atomic E-state index is -3.89. The number of carbonyl (C=O) groups excluding carboxylic acids is 1. The van der Waals surface area contributed by atoms with E-state index in [0.29, 0.717) is 11.0 Å². The monoisotopic (exact) mass is 350 g/mol. The molecule has 0 bridgehead atoms. The van der Waals surface area contributed by atoms with Gasteiger partial charge in [-0.3, -0.25) is 4.79 Å². The van der Waals surface area contributed by atoms with Crippen molar-refractivity contribution in [1.82, 2.24) is 9.71 Å². The van der Waals surface area contributed by atoms with Gasteiger partial charge in [0.05, 0.1) is 6.04 Å². The number of nitrogens with zero attached hydrogens (tertiary/aromatic N) is 1. The van der Waals surface area contributed by atoms with Gasteiger partial charge in [0.2, 0.25) is 15.9 Å². The lowest BCUT2D eigenvalue weighted by Gasteiger charge is -2.14. The van der Waals surface area contributed by atoms with Gasteiger partial charge in [0, 0.05) is 17.2 Å². The molecule has 106 valence electrons. The number of carbonyl (C=O) groups is 1. The van der Waals surface area contributed by atoms with Crippen molar-refractivity contribution in [2.75, 3.05) is 11.9 Å². The molecule has 1 amide bonds. The fraction of sp³-hybridized carbons (Fsp3) is 0.400. The lowest BCUT2D eigenvalue weighted by Crippen LogP contribution is -2.42. The summed E-state index contributed by atoms with van der Waals surface area (Å²) in [6.07, 6.45) is 1.48. The van der Waals surface area contributed by atoms with E-state index < -0.39 is 22.0 Å². The minimum Gasteiger partial charge on any atom is -0.369 e. The van der Waals surface area contributed by atoms with Gasteiger partial charge in [-0.2, -0.15) is 4.72 Å². The summed E-state index contributed by atoms with van der Waals surface area (Å²) in [7, 11) is -3.89. The summed E-state index contributed by atoms with van der Waals surface area (Å²) in [4.78, 5) is 14.9. The predicted octanol–water partition coefficient (Wildman–Crippen LogP) is 0.428. The maximum Gasteiger partial charge on any atom is 0.244 e. The maximum absolute atomic E-state index is 12.2. The van der Waals surface area contributed by atoms with E-state index in [4.69, 9.17) is 5.73 Å². The van der Waals surface area contributed by atoms with Gasteiger partial charge in [-0.05, 0) is 35.8 Å². The van der Waals surface area contributed by atoms with Gasteiger partial charge in [-0.25, -0.2) is 13.4 Å². The van der Waals surface area contributed by atoms with Gasteiger partial charge >= 0.3 is 0 Å². The van der Waals surface area contributed by atoms with Crippen LogP contribution in [0.4, 0.5) is 5.82 Å². The molecule has 0 aliphatic heterocycles. The van der Waals surface area contributed by atoms with Crippen LogP contribution in [0.2, 0.25) is 0 Å². The Balaban J connectivity index is 3.19. The number of anilines is 1. The summed E-state index contributed by atoms with van der Waals surface area (Å²) >= 11 is 3.16. The fourth-order valence-corrected chi connectivity index (χ4v) is 3.13. The second-order valence-corrected chi connectivity index (χ2v) is 6.37. The van der Waals surface area contributed by atoms with E-state index in [-0.39, 0.29) is 10.7 Å². The Morgan fingerprint density at radius 3 is 2.74 bits per heavy atom. The van der Waals surface area contributed by atoms with Gasteiger partial charge in [0.15, 0.2) is 0 Å². The van der Waals surface area contributed by atoms with Crippen molar-refractivity contribution in [3.63, 3.8) is 0 Å². The van der Waals surface area contributed by atoms with Crippen molar-refractivity contribution in [3.05, 3.63) is 16.7 Å². The van der Waals surface area contributed by atoms with Crippen LogP contribution in [0.3, 0.4) is 0 Å². The van der Waals surface area contributed by atoms with Crippen molar-refractivity contribution in [3.8, 4) is 0 Å². The summed E-state index contributed by atoms with van der Waals surface area (Å²) in [5.74, 6) is -0.536. The number of primary amides is 1. The molecule has 1 rings (SSSR count). The molecule has 1 unspecified atom stereocenters. The molecule has 0 saturated heterocycles. The molecule has 0 radical (unpaired) electrons. The molecular weight excluding hydrogens is 336 g/mol. The Morgan fingerprint density at radius 1 is 1.58 bits per heavy atom. The molecule has 0 aliphatic carbocycles. The standard InChI is InChI=1S/C10H15BrN4O3S/c1-3-13-10-8(4-7(11)5-14-10)19(17,18)15-6(2)9(12)16/h4-6,15H,3H2,1-2H3,(H2,12,16)(H,13,14). The van der Waals surface area contributed by atoms with E-state index in [0.717, 1.165) is 0 Å². The molecule has 4 N–H and O–H groups in total. The number of nitrogens with one attached hydrogen (secondary N) is 2. The number of hydrogen-bond donors (Lipinski definition) is 3. The third-order valence-electron chi connectivity index (χ3n) is 2.21. The number of halogens is 1. The Labute approximate surface area is 120 Å². The molecule has 1 aromatic heterocycles. The molecule has 19 heavy (non-hydrogen) atoms. The highest BCUT2D eigenvalue weighted by molar-refractivity contribution is 9.10. The van der Waals surface area contributed by atoms with Crippen molar-refractivity contribution < 1.29 is 13.2 Å². The second kappa shape index (κ2) is 6.31. The summed E-state index contributed by atoms with van der Waals surface area (Å²) in [5.41, 5.74) is 5.04. The summed E-state index contributed by atoms with van der Waals surface area (Å²) in [6.45, 7) is 3.71. The molecule has 1 aromatic rings. The van der Waals surface area contributed by atoms with Crippen LogP contribution in [0.25, 0.3) is 0 Å². The quantitative estimate of drug-likeness (QED) is 0.688. The van der Waals surface area contributed by atoms with Crippen molar-refractivity contribution in [2.45, 2.75) is 24.8 Å². The van der Waals surface area contributed by atoms with Crippen LogP contribution in [-0.4, -0.2) is 31.9 Å². The predicted molar refractivity (Wildman–Crippen MR) is 75.1 cm³/mol. The topological polar surface area (TPSA) is 114 Å². The van der Waals surface area contributed by atoms with Crippen LogP contribution in [0, 0.1) is 0 Å². The molecule has 9 heteroatoms. The highest BCUT2D eigenvalue weighted by Crippen LogP contribution is 2.22. The number of hydrogen-bond acceptors (Lipinski definition) is 5. The Bertz CT molecular complexity index is 576. The number of nitrogens with two attached hydrogens (primary N) is 1. The number of sulfonamides is 1. The molecule has 7 nitrogen and oxygen atoms in total. The van der Waals surface area contributed by atoms with E-state index >= 15 is 0 Å². The lowest BCUT2D eigenvalue weighted by molar-refractivity contribution is -0.119. The Morgan fingerprint density at radius 2 is 2.21 bits per heavy atom. The zero-order valence-corrected chi connectivity index (χ0v) is 12.9. The average molecular weight is 351 g/mol. The zero-order chi connectivity index (χ0) is 14.6. The molecule has 0 fully saturated rings. The number of aromatic nitrogens is 1. The van der Waals surface area contributed by atoms with Gasteiger partial charge in [-0.1, -0.05) is 0 Å². The van der Waals surface area contributed by atoms with E-state index in [2.05, 4.69) is 31.0 Å². The third-order valence-corrected chi connectivity index (χ3v) is 4.20. The second-order valence-electron chi connectivity index (χ2n) is 3.78. The fourth-order valence-electron chi connectivity index (χ4n) is 1.28. The van der Waals surface area contributed by atoms with Crippen molar-refractivity contribution in [1.29, 1.82) is 0 Å². The van der Waals surface area contributed by atoms with Crippen molar-refractivity contribution >= 4 is 37.7 Å². The SMILES string of the molecule is CCNc1ncc(Br)cc1S(=O)(=O)NC(C)C(N)=O. The lowest BCUT2D eigenvalue weighted by atomic mass is 10.4. The molecule has 0 saturated carbocycles. The van der Waals surface area contributed by atoms with E-state index in [9.17, 15) is 13.2 Å². The van der Waals surface area contributed by atoms with Crippen LogP contribution in [0.15, 0.2) is 21.6 Å². The van der Waals surface area contributed by atoms with Crippen LogP contribution >= 0.6 is 15.9 Å². The number of rotatable bonds is 6. The van der Waals surface area contributed by atoms with Gasteiger partial charge < -0.3 is 11.1 Å². The molecule has 0 spiro atoms. The first-order chi connectivity index (χ1) is 8.77. The van der Waals surface area contributed by atoms with E-state index in [1.807, 2.05) is 6.92 Å². The average Bonchev–Trinajstić information content (AvgIpc) is 2.31. The van der Waals surface area contributed by atoms with Crippen LogP contribution < -0.4 is 15.8 Å². The Hall–Kier alpha value is -1.19. The molecule has 0 aliphatic rings. The van der Waals surface area contributed by atoms with Crippen LogP contribution in [-0.2, 0) is 14.8 Å². The van der Waals surface area contributed by atoms with E-state index in [1.54, 1.807) is 0 Å². The molecular formula is C10H15BrN4O3S. The van der Waals surface area contributed by atoms with Crippen LogP contribution in [0.1, 0.15) is 13.8 Å². The summed E-state index contributed by atoms with van der Waals surface area (Å²) in [5, 5.41) is 2.84. The minimum absolute atomic E-state index is 0.0446. The summed E-state index contributed by atoms with van der Waals surface area (Å²) in [6, 6.07) is 0.402. The first-order valence-corrected chi connectivity index (χ1v) is 7.76. The van der Waals surface area contributed by atoms with Gasteiger partial charge in [-0.15, -0.1) is 0 Å². The molecule has 0 aromatic carbocycles. The number of pyridine rings is 1. The van der Waals surface area contributed by atoms with Gasteiger partial charge in [0.25, 0.3) is 0 Å². The molecule has 1 atom stereocenters. The number of amides is 1. The Kier molecular flexibility index (Phi) is 5.27. The highest BCUT2D eigenvalue weighted by atomic mass is 79.9. The largest absolute Gasteiger partial charge is 0.369 e. The zero-order valence-electron chi connectivity index (χ0n) is 10.5. The first-order valence-electron chi connectivity index (χ1n) is 5.49. The summed E-state index contributed by atoms with van der Waals surface area (Å²) < 4.78 is 27.1. The first kappa shape index (κ1) is 15.9.